The van der Waals surface area contributed by atoms with E-state index in [4.69, 9.17) is 9.47 Å². The summed E-state index contributed by atoms with van der Waals surface area (Å²) >= 11 is 0. The molecule has 6 nitrogen and oxygen atoms in total. The summed E-state index contributed by atoms with van der Waals surface area (Å²) in [6.45, 7) is 4.07. The van der Waals surface area contributed by atoms with Crippen LogP contribution in [0.3, 0.4) is 0 Å². The molecular weight excluding hydrogens is 274 g/mol. The fraction of sp³-hybridized carbons (Fsp3) is 0.533. The second kappa shape index (κ2) is 6.11. The van der Waals surface area contributed by atoms with Crippen molar-refractivity contribution < 1.29 is 23.9 Å². The first-order chi connectivity index (χ1) is 10.0. The standard InChI is InChI=1S/C15H19NO5/c1-4-21-15(19)13(17)12-9(2)11(14(18)20-3)10-7-5-6-8-16(10)12/h4-8H2,1-3H3. The molecule has 0 saturated carbocycles. The zero-order chi connectivity index (χ0) is 15.6. The second-order valence-electron chi connectivity index (χ2n) is 4.95. The number of fused-ring (bicyclic) bond motifs is 1. The van der Waals surface area contributed by atoms with Crippen LogP contribution in [0.1, 0.15) is 51.9 Å². The Morgan fingerprint density at radius 2 is 1.95 bits per heavy atom. The number of ketones is 1. The number of carbonyl (C=O) groups is 3. The Balaban J connectivity index is 2.56. The van der Waals surface area contributed by atoms with E-state index in [2.05, 4.69) is 0 Å². The maximum Gasteiger partial charge on any atom is 0.381 e. The molecule has 0 aliphatic carbocycles. The Morgan fingerprint density at radius 3 is 2.57 bits per heavy atom. The fourth-order valence-corrected chi connectivity index (χ4v) is 2.84. The maximum absolute atomic E-state index is 12.3. The van der Waals surface area contributed by atoms with Gasteiger partial charge in [-0.3, -0.25) is 4.79 Å². The summed E-state index contributed by atoms with van der Waals surface area (Å²) in [5, 5.41) is 0. The van der Waals surface area contributed by atoms with Crippen LogP contribution in [-0.4, -0.2) is 36.0 Å². The van der Waals surface area contributed by atoms with E-state index in [1.807, 2.05) is 0 Å². The van der Waals surface area contributed by atoms with E-state index in [0.29, 0.717) is 24.1 Å². The number of aromatic nitrogens is 1. The highest BCUT2D eigenvalue weighted by Gasteiger charge is 2.32. The zero-order valence-corrected chi connectivity index (χ0v) is 12.5. The third-order valence-corrected chi connectivity index (χ3v) is 3.73. The minimum absolute atomic E-state index is 0.140. The molecule has 0 saturated heterocycles. The number of Topliss-reactive ketones (excluding diaryl/α,β-unsaturated/α-hetero) is 1. The smallest absolute Gasteiger partial charge is 0.381 e. The van der Waals surface area contributed by atoms with E-state index < -0.39 is 17.7 Å². The molecule has 1 aliphatic heterocycles. The van der Waals surface area contributed by atoms with Gasteiger partial charge in [0.25, 0.3) is 5.78 Å². The summed E-state index contributed by atoms with van der Waals surface area (Å²) in [4.78, 5) is 36.0. The average molecular weight is 293 g/mol. The molecule has 114 valence electrons. The number of nitrogens with zero attached hydrogens (tertiary/aromatic N) is 1. The molecule has 0 bridgehead atoms. The predicted octanol–water partition coefficient (Wildman–Crippen LogP) is 1.67. The molecule has 0 unspecified atom stereocenters. The van der Waals surface area contributed by atoms with Crippen LogP contribution in [0, 0.1) is 6.92 Å². The number of hydrogen-bond donors (Lipinski definition) is 0. The lowest BCUT2D eigenvalue weighted by Gasteiger charge is -2.18. The molecule has 0 radical (unpaired) electrons. The lowest BCUT2D eigenvalue weighted by atomic mass is 10.0. The Hall–Kier alpha value is -2.11. The normalized spacial score (nSPS) is 13.5. The van der Waals surface area contributed by atoms with Gasteiger partial charge in [0.15, 0.2) is 0 Å². The van der Waals surface area contributed by atoms with Crippen LogP contribution >= 0.6 is 0 Å². The largest absolute Gasteiger partial charge is 0.465 e. The van der Waals surface area contributed by atoms with Gasteiger partial charge in [-0.15, -0.1) is 0 Å². The zero-order valence-electron chi connectivity index (χ0n) is 12.5. The van der Waals surface area contributed by atoms with Gasteiger partial charge < -0.3 is 14.0 Å². The molecule has 2 heterocycles. The van der Waals surface area contributed by atoms with Crippen molar-refractivity contribution in [1.82, 2.24) is 4.57 Å². The molecule has 21 heavy (non-hydrogen) atoms. The van der Waals surface area contributed by atoms with E-state index in [1.54, 1.807) is 18.4 Å². The van der Waals surface area contributed by atoms with E-state index >= 15 is 0 Å². The van der Waals surface area contributed by atoms with Crippen LogP contribution in [0.25, 0.3) is 0 Å². The summed E-state index contributed by atoms with van der Waals surface area (Å²) in [6.07, 6.45) is 2.55. The molecule has 1 aromatic rings. The van der Waals surface area contributed by atoms with Gasteiger partial charge in [0.05, 0.1) is 19.3 Å². The second-order valence-corrected chi connectivity index (χ2v) is 4.95. The number of ether oxygens (including phenoxy) is 2. The Morgan fingerprint density at radius 1 is 1.24 bits per heavy atom. The van der Waals surface area contributed by atoms with Crippen LogP contribution in [0.15, 0.2) is 0 Å². The predicted molar refractivity (Wildman–Crippen MR) is 74.4 cm³/mol. The topological polar surface area (TPSA) is 74.6 Å². The van der Waals surface area contributed by atoms with Gasteiger partial charge in [-0.05, 0) is 38.7 Å². The highest BCUT2D eigenvalue weighted by atomic mass is 16.5. The van der Waals surface area contributed by atoms with Crippen LogP contribution in [0.4, 0.5) is 0 Å². The van der Waals surface area contributed by atoms with Gasteiger partial charge in [0.2, 0.25) is 0 Å². The van der Waals surface area contributed by atoms with Gasteiger partial charge in [-0.1, -0.05) is 0 Å². The van der Waals surface area contributed by atoms with Crippen molar-refractivity contribution in [3.63, 3.8) is 0 Å². The fourth-order valence-electron chi connectivity index (χ4n) is 2.84. The van der Waals surface area contributed by atoms with Gasteiger partial charge in [-0.25, -0.2) is 9.59 Å². The van der Waals surface area contributed by atoms with E-state index in [9.17, 15) is 14.4 Å². The van der Waals surface area contributed by atoms with Crippen molar-refractivity contribution in [3.05, 3.63) is 22.5 Å². The molecule has 0 atom stereocenters. The first-order valence-electron chi connectivity index (χ1n) is 7.04. The third-order valence-electron chi connectivity index (χ3n) is 3.73. The van der Waals surface area contributed by atoms with Crippen LogP contribution in [0.5, 0.6) is 0 Å². The molecule has 0 aromatic carbocycles. The van der Waals surface area contributed by atoms with Gasteiger partial charge in [-0.2, -0.15) is 0 Å². The highest BCUT2D eigenvalue weighted by Crippen LogP contribution is 2.29. The number of esters is 2. The quantitative estimate of drug-likeness (QED) is 0.479. The molecule has 0 N–H and O–H groups in total. The molecule has 0 amide bonds. The molecule has 2 rings (SSSR count). The minimum Gasteiger partial charge on any atom is -0.465 e. The van der Waals surface area contributed by atoms with Crippen LogP contribution in [0.2, 0.25) is 0 Å². The average Bonchev–Trinajstić information content (AvgIpc) is 2.78. The third kappa shape index (κ3) is 2.57. The summed E-state index contributed by atoms with van der Waals surface area (Å²) in [6, 6.07) is 0. The Labute approximate surface area is 123 Å². The number of hydrogen-bond acceptors (Lipinski definition) is 5. The lowest BCUT2D eigenvalue weighted by Crippen LogP contribution is -2.23. The SMILES string of the molecule is CCOC(=O)C(=O)c1c(C)c(C(=O)OC)c2n1CCCC2. The summed E-state index contributed by atoms with van der Waals surface area (Å²) < 4.78 is 11.4. The van der Waals surface area contributed by atoms with E-state index in [0.717, 1.165) is 18.5 Å². The Bertz CT molecular complexity index is 600. The van der Waals surface area contributed by atoms with Crippen LogP contribution in [-0.2, 0) is 27.2 Å². The monoisotopic (exact) mass is 293 g/mol. The highest BCUT2D eigenvalue weighted by molar-refractivity contribution is 6.40. The minimum atomic E-state index is -0.886. The molecule has 1 aliphatic rings. The molecule has 1 aromatic heterocycles. The number of rotatable bonds is 4. The van der Waals surface area contributed by atoms with Gasteiger partial charge in [0, 0.05) is 12.2 Å². The maximum atomic E-state index is 12.3. The molecule has 0 spiro atoms. The Kier molecular flexibility index (Phi) is 4.45. The lowest BCUT2D eigenvalue weighted by molar-refractivity contribution is -0.137. The van der Waals surface area contributed by atoms with Crippen molar-refractivity contribution in [2.24, 2.45) is 0 Å². The number of carbonyl (C=O) groups excluding carboxylic acids is 3. The first-order valence-corrected chi connectivity index (χ1v) is 7.04. The van der Waals surface area contributed by atoms with Gasteiger partial charge in [0.1, 0.15) is 5.69 Å². The van der Waals surface area contributed by atoms with E-state index in [1.165, 1.54) is 7.11 Å². The molecule has 6 heteroatoms. The van der Waals surface area contributed by atoms with E-state index in [-0.39, 0.29) is 12.3 Å². The summed E-state index contributed by atoms with van der Waals surface area (Å²) in [5.41, 5.74) is 1.93. The van der Waals surface area contributed by atoms with Crippen molar-refractivity contribution in [1.29, 1.82) is 0 Å². The molecular formula is C15H19NO5. The first kappa shape index (κ1) is 15.3. The van der Waals surface area contributed by atoms with Crippen LogP contribution < -0.4 is 0 Å². The molecule has 0 fully saturated rings. The summed E-state index contributed by atoms with van der Waals surface area (Å²) in [7, 11) is 1.31. The van der Waals surface area contributed by atoms with Crippen molar-refractivity contribution in [2.45, 2.75) is 39.7 Å². The summed E-state index contributed by atoms with van der Waals surface area (Å²) in [5.74, 6) is -2.06. The van der Waals surface area contributed by atoms with Gasteiger partial charge >= 0.3 is 11.9 Å². The number of methoxy groups -OCH3 is 1. The van der Waals surface area contributed by atoms with Crippen molar-refractivity contribution >= 4 is 17.7 Å². The van der Waals surface area contributed by atoms with Crippen molar-refractivity contribution in [3.8, 4) is 0 Å². The van der Waals surface area contributed by atoms with Crippen molar-refractivity contribution in [2.75, 3.05) is 13.7 Å².